The van der Waals surface area contributed by atoms with Gasteiger partial charge >= 0.3 is 11.9 Å². The van der Waals surface area contributed by atoms with Gasteiger partial charge in [0.15, 0.2) is 0 Å². The average Bonchev–Trinajstić information content (AvgIpc) is 2.88. The molecule has 40 heavy (non-hydrogen) atoms. The zero-order valence-electron chi connectivity index (χ0n) is 25.8. The van der Waals surface area contributed by atoms with Crippen LogP contribution in [-0.2, 0) is 19.1 Å². The topological polar surface area (TPSA) is 113 Å². The molecule has 4 saturated carbocycles. The number of fused-ring (bicyclic) bond motifs is 7. The molecule has 0 heterocycles. The normalized spacial score (nSPS) is 53.6. The van der Waals surface area contributed by atoms with Crippen molar-refractivity contribution in [2.75, 3.05) is 13.7 Å². The summed E-state index contributed by atoms with van der Waals surface area (Å²) >= 11 is 0. The molecule has 0 spiro atoms. The van der Waals surface area contributed by atoms with E-state index in [1.165, 1.54) is 19.6 Å². The number of allylic oxidation sites excluding steroid dienone is 2. The number of carbonyl (C=O) groups excluding carboxylic acids is 2. The Hall–Kier alpha value is -1.44. The fraction of sp³-hybridized carbons (Fsp3) is 0.879. The van der Waals surface area contributed by atoms with Gasteiger partial charge in [0.1, 0.15) is 6.10 Å². The van der Waals surface area contributed by atoms with E-state index in [0.29, 0.717) is 24.7 Å². The summed E-state index contributed by atoms with van der Waals surface area (Å²) in [5.41, 5.74) is -1.16. The van der Waals surface area contributed by atoms with E-state index in [4.69, 9.17) is 9.47 Å². The summed E-state index contributed by atoms with van der Waals surface area (Å²) in [6.07, 6.45) is 5.16. The number of ether oxygens (including phenoxy) is 2. The number of aliphatic hydroxyl groups excluding tert-OH is 3. The molecule has 0 bridgehead atoms. The van der Waals surface area contributed by atoms with Gasteiger partial charge in [0.05, 0.1) is 31.3 Å². The minimum Gasteiger partial charge on any atom is -0.469 e. The highest BCUT2D eigenvalue weighted by Crippen LogP contribution is 2.76. The van der Waals surface area contributed by atoms with Crippen LogP contribution in [0.1, 0.15) is 93.4 Å². The van der Waals surface area contributed by atoms with E-state index in [9.17, 15) is 24.9 Å². The number of carbonyl (C=O) groups is 2. The maximum atomic E-state index is 13.5. The van der Waals surface area contributed by atoms with E-state index in [1.54, 1.807) is 0 Å². The zero-order valence-corrected chi connectivity index (χ0v) is 25.8. The molecule has 0 saturated heterocycles. The minimum atomic E-state index is -1.07. The molecule has 5 aliphatic carbocycles. The lowest BCUT2D eigenvalue weighted by Crippen LogP contribution is -2.71. The molecular weight excluding hydrogens is 508 g/mol. The number of esters is 2. The molecule has 226 valence electrons. The Morgan fingerprint density at radius 1 is 1.05 bits per heavy atom. The Morgan fingerprint density at radius 2 is 1.73 bits per heavy atom. The van der Waals surface area contributed by atoms with Crippen LogP contribution in [0.3, 0.4) is 0 Å². The van der Waals surface area contributed by atoms with Crippen LogP contribution in [0.25, 0.3) is 0 Å². The fourth-order valence-electron chi connectivity index (χ4n) is 11.6. The first-order valence-electron chi connectivity index (χ1n) is 15.5. The Balaban J connectivity index is 1.65. The van der Waals surface area contributed by atoms with Crippen molar-refractivity contribution >= 4 is 11.9 Å². The third-order valence-corrected chi connectivity index (χ3v) is 13.9. The van der Waals surface area contributed by atoms with Crippen LogP contribution in [0.2, 0.25) is 0 Å². The molecule has 7 heteroatoms. The van der Waals surface area contributed by atoms with Crippen molar-refractivity contribution in [2.45, 2.75) is 112 Å². The van der Waals surface area contributed by atoms with Gasteiger partial charge < -0.3 is 24.8 Å². The summed E-state index contributed by atoms with van der Waals surface area (Å²) in [6.45, 7) is 14.4. The van der Waals surface area contributed by atoms with Crippen molar-refractivity contribution in [1.29, 1.82) is 0 Å². The van der Waals surface area contributed by atoms with Crippen molar-refractivity contribution in [1.82, 2.24) is 0 Å². The molecular formula is C33H52O7. The maximum Gasteiger partial charge on any atom is 0.312 e. The number of hydrogen-bond acceptors (Lipinski definition) is 7. The van der Waals surface area contributed by atoms with Gasteiger partial charge in [-0.1, -0.05) is 53.2 Å². The van der Waals surface area contributed by atoms with Crippen LogP contribution in [-0.4, -0.2) is 59.3 Å². The molecule has 5 rings (SSSR count). The third kappa shape index (κ3) is 3.65. The first-order valence-corrected chi connectivity index (χ1v) is 15.5. The molecule has 0 radical (unpaired) electrons. The molecule has 7 nitrogen and oxygen atoms in total. The van der Waals surface area contributed by atoms with Crippen molar-refractivity contribution in [3.8, 4) is 0 Å². The summed E-state index contributed by atoms with van der Waals surface area (Å²) in [7, 11) is 1.52. The Morgan fingerprint density at radius 3 is 2.33 bits per heavy atom. The van der Waals surface area contributed by atoms with Crippen LogP contribution < -0.4 is 0 Å². The van der Waals surface area contributed by atoms with Gasteiger partial charge in [-0.3, -0.25) is 9.59 Å². The molecule has 4 fully saturated rings. The van der Waals surface area contributed by atoms with E-state index >= 15 is 0 Å². The number of hydrogen-bond donors (Lipinski definition) is 3. The largest absolute Gasteiger partial charge is 0.469 e. The zero-order chi connectivity index (χ0) is 29.6. The van der Waals surface area contributed by atoms with Crippen LogP contribution in [0, 0.1) is 56.7 Å². The van der Waals surface area contributed by atoms with E-state index in [1.807, 2.05) is 6.92 Å². The summed E-state index contributed by atoms with van der Waals surface area (Å²) in [5, 5.41) is 34.1. The van der Waals surface area contributed by atoms with Crippen LogP contribution in [0.5, 0.6) is 0 Å². The molecule has 5 aliphatic rings. The van der Waals surface area contributed by atoms with Gasteiger partial charge in [-0.15, -0.1) is 0 Å². The van der Waals surface area contributed by atoms with Crippen molar-refractivity contribution in [3.63, 3.8) is 0 Å². The van der Waals surface area contributed by atoms with E-state index in [-0.39, 0.29) is 41.2 Å². The Kier molecular flexibility index (Phi) is 7.16. The van der Waals surface area contributed by atoms with Crippen molar-refractivity contribution in [3.05, 3.63) is 11.6 Å². The minimum absolute atomic E-state index is 0.0774. The van der Waals surface area contributed by atoms with Crippen LogP contribution in [0.15, 0.2) is 11.6 Å². The lowest BCUT2D eigenvalue weighted by Gasteiger charge is -2.72. The summed E-state index contributed by atoms with van der Waals surface area (Å²) in [4.78, 5) is 25.6. The van der Waals surface area contributed by atoms with E-state index in [2.05, 4.69) is 40.7 Å². The molecule has 13 atom stereocenters. The van der Waals surface area contributed by atoms with Gasteiger partial charge in [0.25, 0.3) is 0 Å². The lowest BCUT2D eigenvalue weighted by atomic mass is 9.32. The fourth-order valence-corrected chi connectivity index (χ4v) is 11.6. The second-order valence-electron chi connectivity index (χ2n) is 15.4. The highest BCUT2D eigenvalue weighted by atomic mass is 16.6. The van der Waals surface area contributed by atoms with Crippen molar-refractivity contribution in [2.24, 2.45) is 56.7 Å². The van der Waals surface area contributed by atoms with Gasteiger partial charge in [-0.05, 0) is 84.9 Å². The highest BCUT2D eigenvalue weighted by Gasteiger charge is 2.73. The SMILES string of the molecule is COC(=O)[C@]12CC[C@@H](C)[C@H](C)[C@@H]1C1=CC[C@@H]3[C@@]4(C)C[C@@H](OC(C)=O)[C@H](O)[C@@](C)(CO)[C@@H]4[C@H](O)C[C@@]3(C)[C@]1(C)CC2. The summed E-state index contributed by atoms with van der Waals surface area (Å²) in [6, 6.07) is 0. The average molecular weight is 561 g/mol. The van der Waals surface area contributed by atoms with Gasteiger partial charge in [-0.2, -0.15) is 0 Å². The first-order chi connectivity index (χ1) is 18.6. The van der Waals surface area contributed by atoms with Gasteiger partial charge in [0.2, 0.25) is 0 Å². The quantitative estimate of drug-likeness (QED) is 0.340. The van der Waals surface area contributed by atoms with Crippen molar-refractivity contribution < 1.29 is 34.4 Å². The Bertz CT molecular complexity index is 1090. The summed E-state index contributed by atoms with van der Waals surface area (Å²) in [5.74, 6) is 0.209. The van der Waals surface area contributed by atoms with Gasteiger partial charge in [-0.25, -0.2) is 0 Å². The van der Waals surface area contributed by atoms with Gasteiger partial charge in [0, 0.05) is 18.3 Å². The number of methoxy groups -OCH3 is 1. The molecule has 0 aliphatic heterocycles. The molecule has 0 aromatic heterocycles. The predicted molar refractivity (Wildman–Crippen MR) is 151 cm³/mol. The van der Waals surface area contributed by atoms with E-state index < -0.39 is 40.5 Å². The molecule has 0 aromatic rings. The van der Waals surface area contributed by atoms with E-state index in [0.717, 1.165) is 32.1 Å². The number of rotatable bonds is 3. The third-order valence-electron chi connectivity index (χ3n) is 13.9. The lowest BCUT2D eigenvalue weighted by molar-refractivity contribution is -0.276. The second kappa shape index (κ2) is 9.54. The summed E-state index contributed by atoms with van der Waals surface area (Å²) < 4.78 is 11.2. The first kappa shape index (κ1) is 30.0. The second-order valence-corrected chi connectivity index (χ2v) is 15.4. The molecule has 0 unspecified atom stereocenters. The van der Waals surface area contributed by atoms with Crippen LogP contribution in [0.4, 0.5) is 0 Å². The highest BCUT2D eigenvalue weighted by molar-refractivity contribution is 5.78. The number of aliphatic hydroxyl groups is 3. The monoisotopic (exact) mass is 560 g/mol. The van der Waals surface area contributed by atoms with Crippen LogP contribution >= 0.6 is 0 Å². The Labute approximate surface area is 240 Å². The molecule has 0 aromatic carbocycles. The molecule has 3 N–H and O–H groups in total. The smallest absolute Gasteiger partial charge is 0.312 e. The predicted octanol–water partition coefficient (Wildman–Crippen LogP) is 4.66. The maximum absolute atomic E-state index is 13.5. The molecule has 0 amide bonds. The standard InChI is InChI=1S/C33H52O7/c1-18-11-12-33(28(38)39-8)14-13-31(6)21(25(33)19(18)2)9-10-24-29(4)16-23(40-20(3)35)27(37)30(5,17-34)26(29)22(36)15-32(24,31)7/h9,18-19,22-27,34,36-37H,10-17H2,1-8H3/t18-,19+,22-,23-,24-,25-,26-,27+,29-,30+,31-,32-,33+/m1/s1.